The Kier molecular flexibility index (Phi) is 4.39. The molecule has 1 aromatic heterocycles. The summed E-state index contributed by atoms with van der Waals surface area (Å²) in [5, 5.41) is 4.48. The summed E-state index contributed by atoms with van der Waals surface area (Å²) in [6.45, 7) is 0.685. The number of carbonyl (C=O) groups excluding carboxylic acids is 1. The molecule has 124 valence electrons. The van der Waals surface area contributed by atoms with E-state index in [4.69, 9.17) is 14.2 Å². The number of carbonyl (C=O) groups is 1. The van der Waals surface area contributed by atoms with Crippen LogP contribution in [0.2, 0.25) is 0 Å². The molecule has 2 N–H and O–H groups in total. The summed E-state index contributed by atoms with van der Waals surface area (Å²) < 4.78 is 15.8. The van der Waals surface area contributed by atoms with E-state index in [-0.39, 0.29) is 5.97 Å². The molecule has 6 heteroatoms. The Hall–Kier alpha value is -1.89. The van der Waals surface area contributed by atoms with Gasteiger partial charge in [0.2, 0.25) is 0 Å². The van der Waals surface area contributed by atoms with Gasteiger partial charge in [0, 0.05) is 38.1 Å². The Morgan fingerprint density at radius 3 is 2.70 bits per heavy atom. The van der Waals surface area contributed by atoms with Gasteiger partial charge in [0.25, 0.3) is 0 Å². The van der Waals surface area contributed by atoms with Crippen LogP contribution in [0.5, 0.6) is 0 Å². The van der Waals surface area contributed by atoms with E-state index < -0.39 is 11.8 Å². The first-order valence-corrected chi connectivity index (χ1v) is 7.65. The quantitative estimate of drug-likeness (QED) is 0.648. The van der Waals surface area contributed by atoms with Gasteiger partial charge in [0.15, 0.2) is 11.8 Å². The predicted octanol–water partition coefficient (Wildman–Crippen LogP) is 1.69. The average molecular weight is 318 g/mol. The third-order valence-corrected chi connectivity index (χ3v) is 4.57. The number of fused-ring (bicyclic) bond motifs is 3. The predicted molar refractivity (Wildman–Crippen MR) is 86.1 cm³/mol. The Morgan fingerprint density at radius 2 is 2.00 bits per heavy atom. The van der Waals surface area contributed by atoms with Crippen molar-refractivity contribution < 1.29 is 19.0 Å². The Morgan fingerprint density at radius 1 is 1.26 bits per heavy atom. The molecule has 2 heterocycles. The van der Waals surface area contributed by atoms with Crippen LogP contribution in [-0.2, 0) is 31.0 Å². The van der Waals surface area contributed by atoms with Crippen molar-refractivity contribution in [2.45, 2.75) is 24.7 Å². The van der Waals surface area contributed by atoms with Crippen LogP contribution in [0.15, 0.2) is 24.3 Å². The van der Waals surface area contributed by atoms with Crippen LogP contribution in [0.4, 0.5) is 0 Å². The summed E-state index contributed by atoms with van der Waals surface area (Å²) in [6.07, 6.45) is 0.661. The van der Waals surface area contributed by atoms with Crippen LogP contribution in [0.3, 0.4) is 0 Å². The smallest absolute Gasteiger partial charge is 0.332 e. The van der Waals surface area contributed by atoms with E-state index in [0.717, 1.165) is 28.6 Å². The van der Waals surface area contributed by atoms with Crippen molar-refractivity contribution in [1.82, 2.24) is 10.3 Å². The highest BCUT2D eigenvalue weighted by atomic mass is 16.7. The maximum absolute atomic E-state index is 12.7. The zero-order chi connectivity index (χ0) is 16.4. The minimum Gasteiger partial charge on any atom is -0.467 e. The molecule has 0 radical (unpaired) electrons. The maximum atomic E-state index is 12.7. The van der Waals surface area contributed by atoms with Crippen molar-refractivity contribution in [2.75, 3.05) is 27.9 Å². The van der Waals surface area contributed by atoms with E-state index >= 15 is 0 Å². The van der Waals surface area contributed by atoms with Gasteiger partial charge in [0.05, 0.1) is 12.8 Å². The summed E-state index contributed by atoms with van der Waals surface area (Å²) in [7, 11) is 4.53. The van der Waals surface area contributed by atoms with E-state index in [9.17, 15) is 4.79 Å². The number of nitrogens with one attached hydrogen (secondary N) is 2. The molecule has 0 saturated carbocycles. The van der Waals surface area contributed by atoms with Gasteiger partial charge >= 0.3 is 5.97 Å². The lowest BCUT2D eigenvalue weighted by molar-refractivity contribution is -0.161. The molecule has 2 aromatic rings. The summed E-state index contributed by atoms with van der Waals surface area (Å²) in [5.41, 5.74) is 2.00. The van der Waals surface area contributed by atoms with Gasteiger partial charge in [-0.3, -0.25) is 5.32 Å². The number of methoxy groups -OCH3 is 3. The number of hydrogen-bond acceptors (Lipinski definition) is 5. The number of aromatic amines is 1. The standard InChI is InChI=1S/C17H22N2O4/c1-21-14(22-2)10-17(16(20)23-3)15-12(8-9-18-17)11-6-4-5-7-13(11)19-15/h4-7,14,18-19H,8-10H2,1-3H3. The summed E-state index contributed by atoms with van der Waals surface area (Å²) >= 11 is 0. The molecule has 23 heavy (non-hydrogen) atoms. The zero-order valence-corrected chi connectivity index (χ0v) is 13.6. The van der Waals surface area contributed by atoms with Crippen LogP contribution in [0, 0.1) is 0 Å². The van der Waals surface area contributed by atoms with Gasteiger partial charge in [-0.1, -0.05) is 18.2 Å². The fourth-order valence-electron chi connectivity index (χ4n) is 3.43. The molecule has 1 aliphatic heterocycles. The van der Waals surface area contributed by atoms with E-state index in [1.165, 1.54) is 7.11 Å². The molecule has 6 nitrogen and oxygen atoms in total. The molecule has 3 rings (SSSR count). The van der Waals surface area contributed by atoms with Gasteiger partial charge in [0.1, 0.15) is 0 Å². The number of ether oxygens (including phenoxy) is 3. The number of benzene rings is 1. The Bertz CT molecular complexity index is 708. The monoisotopic (exact) mass is 318 g/mol. The molecule has 0 fully saturated rings. The fourth-order valence-corrected chi connectivity index (χ4v) is 3.43. The average Bonchev–Trinajstić information content (AvgIpc) is 2.98. The molecule has 0 bridgehead atoms. The van der Waals surface area contributed by atoms with Crippen LogP contribution in [0.1, 0.15) is 17.7 Å². The SMILES string of the molecule is COC(=O)C1(CC(OC)OC)NCCc2c1[nH]c1ccccc21. The number of esters is 1. The third kappa shape index (κ3) is 2.52. The van der Waals surface area contributed by atoms with E-state index in [0.29, 0.717) is 13.0 Å². The fraction of sp³-hybridized carbons (Fsp3) is 0.471. The molecule has 0 amide bonds. The van der Waals surface area contributed by atoms with Crippen LogP contribution >= 0.6 is 0 Å². The van der Waals surface area contributed by atoms with Crippen molar-refractivity contribution >= 4 is 16.9 Å². The van der Waals surface area contributed by atoms with Crippen LogP contribution in [-0.4, -0.2) is 45.1 Å². The number of H-pyrrole nitrogens is 1. The molecule has 0 spiro atoms. The largest absolute Gasteiger partial charge is 0.467 e. The van der Waals surface area contributed by atoms with Crippen molar-refractivity contribution in [3.63, 3.8) is 0 Å². The van der Waals surface area contributed by atoms with Gasteiger partial charge in [-0.05, 0) is 18.1 Å². The highest BCUT2D eigenvalue weighted by Crippen LogP contribution is 2.37. The van der Waals surface area contributed by atoms with Gasteiger partial charge < -0.3 is 19.2 Å². The third-order valence-electron chi connectivity index (χ3n) is 4.57. The molecule has 1 atom stereocenters. The second kappa shape index (κ2) is 6.31. The van der Waals surface area contributed by atoms with E-state index in [1.54, 1.807) is 14.2 Å². The minimum absolute atomic E-state index is 0.326. The topological polar surface area (TPSA) is 72.6 Å². The summed E-state index contributed by atoms with van der Waals surface area (Å²) in [5.74, 6) is -0.343. The molecule has 0 aliphatic carbocycles. The van der Waals surface area contributed by atoms with Crippen molar-refractivity contribution in [3.05, 3.63) is 35.5 Å². The number of rotatable bonds is 5. The van der Waals surface area contributed by atoms with E-state index in [1.807, 2.05) is 18.2 Å². The molecular weight excluding hydrogens is 296 g/mol. The maximum Gasteiger partial charge on any atom is 0.332 e. The molecule has 0 saturated heterocycles. The van der Waals surface area contributed by atoms with Gasteiger partial charge in [-0.2, -0.15) is 0 Å². The van der Waals surface area contributed by atoms with Crippen LogP contribution in [0.25, 0.3) is 10.9 Å². The highest BCUT2D eigenvalue weighted by molar-refractivity contribution is 5.90. The lowest BCUT2D eigenvalue weighted by Gasteiger charge is -2.37. The normalized spacial score (nSPS) is 20.7. The van der Waals surface area contributed by atoms with Crippen molar-refractivity contribution in [1.29, 1.82) is 0 Å². The molecular formula is C17H22N2O4. The lowest BCUT2D eigenvalue weighted by Crippen LogP contribution is -2.55. The Balaban J connectivity index is 2.16. The molecule has 1 aliphatic rings. The number of para-hydroxylation sites is 1. The van der Waals surface area contributed by atoms with Crippen LogP contribution < -0.4 is 5.32 Å². The van der Waals surface area contributed by atoms with Gasteiger partial charge in [-0.15, -0.1) is 0 Å². The number of aromatic nitrogens is 1. The number of hydrogen-bond donors (Lipinski definition) is 2. The second-order valence-corrected chi connectivity index (χ2v) is 5.70. The minimum atomic E-state index is -1.00. The molecule has 1 aromatic carbocycles. The second-order valence-electron chi connectivity index (χ2n) is 5.70. The van der Waals surface area contributed by atoms with E-state index in [2.05, 4.69) is 16.4 Å². The lowest BCUT2D eigenvalue weighted by atomic mass is 9.83. The first-order valence-electron chi connectivity index (χ1n) is 7.65. The molecule has 1 unspecified atom stereocenters. The highest BCUT2D eigenvalue weighted by Gasteiger charge is 2.48. The first-order chi connectivity index (χ1) is 11.2. The zero-order valence-electron chi connectivity index (χ0n) is 13.6. The van der Waals surface area contributed by atoms with Crippen molar-refractivity contribution in [3.8, 4) is 0 Å². The Labute approximate surface area is 135 Å². The summed E-state index contributed by atoms with van der Waals surface area (Å²) in [4.78, 5) is 16.1. The first kappa shape index (κ1) is 16.0. The summed E-state index contributed by atoms with van der Waals surface area (Å²) in [6, 6.07) is 8.07. The van der Waals surface area contributed by atoms with Gasteiger partial charge in [-0.25, -0.2) is 4.79 Å². The van der Waals surface area contributed by atoms with Crippen molar-refractivity contribution in [2.24, 2.45) is 0 Å².